The molecule has 1 aliphatic heterocycles. The summed E-state index contributed by atoms with van der Waals surface area (Å²) in [5, 5.41) is 8.12. The quantitative estimate of drug-likeness (QED) is 0.718. The van der Waals surface area contributed by atoms with Crippen molar-refractivity contribution in [2.24, 2.45) is 0 Å². The fraction of sp³-hybridized carbons (Fsp3) is 0.818. The average molecular weight is 244 g/mol. The predicted octanol–water partition coefficient (Wildman–Crippen LogP) is 2.02. The third-order valence-corrected chi connectivity index (χ3v) is 3.06. The van der Waals surface area contributed by atoms with Crippen LogP contribution in [0, 0.1) is 0 Å². The van der Waals surface area contributed by atoms with Crippen LogP contribution in [-0.4, -0.2) is 33.6 Å². The van der Waals surface area contributed by atoms with Gasteiger partial charge in [-0.25, -0.2) is 0 Å². The van der Waals surface area contributed by atoms with Crippen molar-refractivity contribution in [1.82, 2.24) is 15.0 Å². The molecule has 1 aromatic heterocycles. The molecule has 4 nitrogen and oxygen atoms in total. The number of rotatable bonds is 6. The summed E-state index contributed by atoms with van der Waals surface area (Å²) >= 11 is 5.64. The van der Waals surface area contributed by atoms with Gasteiger partial charge in [0.2, 0.25) is 0 Å². The van der Waals surface area contributed by atoms with Crippen molar-refractivity contribution in [2.45, 2.75) is 44.8 Å². The zero-order chi connectivity index (χ0) is 11.2. The predicted molar refractivity (Wildman–Crippen MR) is 62.7 cm³/mol. The maximum absolute atomic E-state index is 5.64. The molecule has 1 atom stereocenters. The Morgan fingerprint density at radius 1 is 1.56 bits per heavy atom. The second kappa shape index (κ2) is 6.21. The van der Waals surface area contributed by atoms with Crippen molar-refractivity contribution in [1.29, 1.82) is 0 Å². The smallest absolute Gasteiger partial charge is 0.0839 e. The Bertz CT molecular complexity index is 310. The molecule has 5 heteroatoms. The van der Waals surface area contributed by atoms with Crippen LogP contribution in [0.3, 0.4) is 0 Å². The van der Waals surface area contributed by atoms with Crippen LogP contribution in [0.1, 0.15) is 31.4 Å². The molecular weight excluding hydrogens is 226 g/mol. The second-order valence-electron chi connectivity index (χ2n) is 4.19. The first-order valence-corrected chi connectivity index (χ1v) is 6.48. The van der Waals surface area contributed by atoms with E-state index in [2.05, 4.69) is 10.3 Å². The fourth-order valence-electron chi connectivity index (χ4n) is 2.01. The van der Waals surface area contributed by atoms with Gasteiger partial charge in [-0.3, -0.25) is 4.68 Å². The van der Waals surface area contributed by atoms with Crippen molar-refractivity contribution in [3.05, 3.63) is 11.9 Å². The molecule has 0 radical (unpaired) electrons. The minimum absolute atomic E-state index is 0.478. The molecule has 1 fully saturated rings. The van der Waals surface area contributed by atoms with Crippen LogP contribution in [0.5, 0.6) is 0 Å². The van der Waals surface area contributed by atoms with Gasteiger partial charge in [0.25, 0.3) is 0 Å². The lowest BCUT2D eigenvalue weighted by molar-refractivity contribution is 0.101. The topological polar surface area (TPSA) is 39.9 Å². The molecular formula is C11H18ClN3O. The molecule has 90 valence electrons. The Labute approximate surface area is 101 Å². The van der Waals surface area contributed by atoms with E-state index in [0.717, 1.165) is 38.1 Å². The highest BCUT2D eigenvalue weighted by molar-refractivity contribution is 6.17. The van der Waals surface area contributed by atoms with E-state index in [0.29, 0.717) is 12.0 Å². The highest BCUT2D eigenvalue weighted by Crippen LogP contribution is 2.16. The molecule has 1 unspecified atom stereocenters. The summed E-state index contributed by atoms with van der Waals surface area (Å²) in [6.07, 6.45) is 7.93. The summed E-state index contributed by atoms with van der Waals surface area (Å²) in [5.41, 5.74) is 0.979. The fourth-order valence-corrected chi connectivity index (χ4v) is 2.21. The van der Waals surface area contributed by atoms with E-state index in [4.69, 9.17) is 16.3 Å². The first kappa shape index (κ1) is 11.9. The average Bonchev–Trinajstić information content (AvgIpc) is 2.90. The third kappa shape index (κ3) is 3.46. The van der Waals surface area contributed by atoms with Crippen LogP contribution in [0.4, 0.5) is 0 Å². The summed E-state index contributed by atoms with van der Waals surface area (Å²) in [6.45, 7) is 1.86. The van der Waals surface area contributed by atoms with Crippen LogP contribution in [0.2, 0.25) is 0 Å². The van der Waals surface area contributed by atoms with Crippen molar-refractivity contribution in [3.63, 3.8) is 0 Å². The first-order chi connectivity index (χ1) is 7.88. The number of halogens is 1. The molecule has 2 rings (SSSR count). The Hall–Kier alpha value is -0.610. The SMILES string of the molecule is ClCCc1cn(CCCC2CCCO2)nn1. The third-order valence-electron chi connectivity index (χ3n) is 2.87. The number of aryl methyl sites for hydroxylation is 2. The van der Waals surface area contributed by atoms with Crippen LogP contribution >= 0.6 is 11.6 Å². The molecule has 0 aromatic carbocycles. The lowest BCUT2D eigenvalue weighted by atomic mass is 10.1. The minimum Gasteiger partial charge on any atom is -0.378 e. The van der Waals surface area contributed by atoms with Gasteiger partial charge in [-0.05, 0) is 25.7 Å². The van der Waals surface area contributed by atoms with Gasteiger partial charge in [0.05, 0.1) is 11.8 Å². The summed E-state index contributed by atoms with van der Waals surface area (Å²) in [6, 6.07) is 0. The molecule has 16 heavy (non-hydrogen) atoms. The molecule has 0 N–H and O–H groups in total. The first-order valence-electron chi connectivity index (χ1n) is 5.95. The molecule has 1 aromatic rings. The molecule has 0 spiro atoms. The summed E-state index contributed by atoms with van der Waals surface area (Å²) in [7, 11) is 0. The van der Waals surface area contributed by atoms with Gasteiger partial charge in [0.1, 0.15) is 0 Å². The maximum atomic E-state index is 5.64. The molecule has 0 saturated carbocycles. The lowest BCUT2D eigenvalue weighted by Crippen LogP contribution is -2.07. The highest BCUT2D eigenvalue weighted by atomic mass is 35.5. The van der Waals surface area contributed by atoms with Crippen molar-refractivity contribution >= 4 is 11.6 Å². The minimum atomic E-state index is 0.478. The second-order valence-corrected chi connectivity index (χ2v) is 4.57. The monoisotopic (exact) mass is 243 g/mol. The van der Waals surface area contributed by atoms with Crippen LogP contribution in [0.15, 0.2) is 6.20 Å². The van der Waals surface area contributed by atoms with Gasteiger partial charge >= 0.3 is 0 Å². The van der Waals surface area contributed by atoms with E-state index in [9.17, 15) is 0 Å². The van der Waals surface area contributed by atoms with Gasteiger partial charge in [0, 0.05) is 31.6 Å². The zero-order valence-electron chi connectivity index (χ0n) is 9.44. The zero-order valence-corrected chi connectivity index (χ0v) is 10.2. The van der Waals surface area contributed by atoms with Gasteiger partial charge in [-0.15, -0.1) is 16.7 Å². The number of hydrogen-bond donors (Lipinski definition) is 0. The summed E-state index contributed by atoms with van der Waals surface area (Å²) in [5.74, 6) is 0.606. The van der Waals surface area contributed by atoms with Crippen LogP contribution < -0.4 is 0 Å². The van der Waals surface area contributed by atoms with Gasteiger partial charge < -0.3 is 4.74 Å². The number of aromatic nitrogens is 3. The van der Waals surface area contributed by atoms with E-state index in [-0.39, 0.29) is 0 Å². The molecule has 1 saturated heterocycles. The van der Waals surface area contributed by atoms with Gasteiger partial charge in [0.15, 0.2) is 0 Å². The number of alkyl halides is 1. The van der Waals surface area contributed by atoms with Crippen molar-refractivity contribution in [3.8, 4) is 0 Å². The number of hydrogen-bond acceptors (Lipinski definition) is 3. The summed E-state index contributed by atoms with van der Waals surface area (Å²) in [4.78, 5) is 0. The highest BCUT2D eigenvalue weighted by Gasteiger charge is 2.14. The standard InChI is InChI=1S/C11H18ClN3O/c12-6-5-10-9-15(14-13-10)7-1-3-11-4-2-8-16-11/h9,11H,1-8H2. The number of ether oxygens (including phenoxy) is 1. The molecule has 0 bridgehead atoms. The Kier molecular flexibility index (Phi) is 4.60. The van der Waals surface area contributed by atoms with E-state index < -0.39 is 0 Å². The molecule has 2 heterocycles. The Morgan fingerprint density at radius 2 is 2.50 bits per heavy atom. The molecule has 0 aliphatic carbocycles. The Balaban J connectivity index is 1.67. The van der Waals surface area contributed by atoms with E-state index in [1.165, 1.54) is 12.8 Å². The van der Waals surface area contributed by atoms with E-state index in [1.807, 2.05) is 10.9 Å². The van der Waals surface area contributed by atoms with Gasteiger partial charge in [-0.1, -0.05) is 5.21 Å². The maximum Gasteiger partial charge on any atom is 0.0839 e. The summed E-state index contributed by atoms with van der Waals surface area (Å²) < 4.78 is 7.47. The lowest BCUT2D eigenvalue weighted by Gasteiger charge is -2.07. The van der Waals surface area contributed by atoms with Crippen LogP contribution in [0.25, 0.3) is 0 Å². The van der Waals surface area contributed by atoms with Crippen LogP contribution in [-0.2, 0) is 17.7 Å². The van der Waals surface area contributed by atoms with Gasteiger partial charge in [-0.2, -0.15) is 0 Å². The molecule has 1 aliphatic rings. The van der Waals surface area contributed by atoms with E-state index in [1.54, 1.807) is 0 Å². The number of nitrogens with zero attached hydrogens (tertiary/aromatic N) is 3. The van der Waals surface area contributed by atoms with E-state index >= 15 is 0 Å². The van der Waals surface area contributed by atoms with Crippen molar-refractivity contribution < 1.29 is 4.74 Å². The normalized spacial score (nSPS) is 20.4. The Morgan fingerprint density at radius 3 is 3.25 bits per heavy atom. The molecule has 0 amide bonds. The largest absolute Gasteiger partial charge is 0.378 e. The van der Waals surface area contributed by atoms with Crippen molar-refractivity contribution in [2.75, 3.05) is 12.5 Å².